The predicted octanol–water partition coefficient (Wildman–Crippen LogP) is 3.81. The molecule has 1 aliphatic carbocycles. The van der Waals surface area contributed by atoms with Crippen molar-refractivity contribution in [1.82, 2.24) is 9.97 Å². The fourth-order valence-corrected chi connectivity index (χ4v) is 5.14. The number of carbonyl (C=O) groups excluding carboxylic acids is 1. The number of hydrogen-bond donors (Lipinski definition) is 1. The Morgan fingerprint density at radius 2 is 2.26 bits per heavy atom. The Kier molecular flexibility index (Phi) is 4.89. The molecular weight excluding hydrogens is 382 g/mol. The summed E-state index contributed by atoms with van der Waals surface area (Å²) in [6, 6.07) is 5.26. The number of nitrogens with one attached hydrogen (secondary N) is 1. The number of nitrogens with zero attached hydrogens (tertiary/aromatic N) is 2. The first kappa shape index (κ1) is 18.0. The van der Waals surface area contributed by atoms with E-state index in [1.165, 1.54) is 16.2 Å². The Labute approximate surface area is 163 Å². The molecule has 0 bridgehead atoms. The van der Waals surface area contributed by atoms with Crippen LogP contribution >= 0.6 is 23.1 Å². The summed E-state index contributed by atoms with van der Waals surface area (Å²) in [5.74, 6) is -0.180. The largest absolute Gasteiger partial charge is 0.457 e. The number of Topliss-reactive ketones (excluding diaryl/α,β-unsaturated/α-hetero) is 1. The number of carbonyl (C=O) groups is 1. The Morgan fingerprint density at radius 1 is 1.44 bits per heavy atom. The zero-order valence-corrected chi connectivity index (χ0v) is 16.3. The summed E-state index contributed by atoms with van der Waals surface area (Å²) in [6.45, 7) is 0. The molecule has 0 saturated heterocycles. The molecule has 3 aromatic heterocycles. The summed E-state index contributed by atoms with van der Waals surface area (Å²) >= 11 is 3.07. The molecule has 0 amide bonds. The molecule has 4 rings (SSSR count). The van der Waals surface area contributed by atoms with Crippen LogP contribution in [-0.4, -0.2) is 22.0 Å². The van der Waals surface area contributed by atoms with E-state index in [0.717, 1.165) is 31.2 Å². The Hall–Kier alpha value is -2.37. The highest BCUT2D eigenvalue weighted by Gasteiger charge is 2.29. The number of ketones is 1. The van der Waals surface area contributed by atoms with Crippen molar-refractivity contribution in [2.45, 2.75) is 37.4 Å². The van der Waals surface area contributed by atoms with Gasteiger partial charge in [-0.2, -0.15) is 17.0 Å². The molecule has 3 aromatic rings. The quantitative estimate of drug-likeness (QED) is 0.655. The molecule has 0 aromatic carbocycles. The smallest absolute Gasteiger partial charge is 0.259 e. The van der Waals surface area contributed by atoms with Gasteiger partial charge in [-0.3, -0.25) is 9.59 Å². The highest BCUT2D eigenvalue weighted by molar-refractivity contribution is 7.97. The van der Waals surface area contributed by atoms with E-state index in [0.29, 0.717) is 21.7 Å². The first-order valence-corrected chi connectivity index (χ1v) is 10.9. The summed E-state index contributed by atoms with van der Waals surface area (Å²) in [5.41, 5.74) is 0.805. The molecule has 6 nitrogen and oxygen atoms in total. The molecule has 138 valence electrons. The van der Waals surface area contributed by atoms with Crippen LogP contribution in [0.15, 0.2) is 21.3 Å². The number of furan rings is 1. The molecule has 1 unspecified atom stereocenters. The van der Waals surface area contributed by atoms with Gasteiger partial charge in [-0.15, -0.1) is 11.3 Å². The lowest BCUT2D eigenvalue weighted by Crippen LogP contribution is -2.19. The summed E-state index contributed by atoms with van der Waals surface area (Å²) in [5, 5.41) is 10.2. The first-order valence-electron chi connectivity index (χ1n) is 8.68. The Bertz CT molecular complexity index is 1120. The number of thioether (sulfide) groups is 1. The van der Waals surface area contributed by atoms with Gasteiger partial charge in [0.05, 0.1) is 17.2 Å². The second-order valence-electron chi connectivity index (χ2n) is 6.47. The van der Waals surface area contributed by atoms with Gasteiger partial charge in [0.25, 0.3) is 5.56 Å². The fraction of sp³-hybridized carbons (Fsp3) is 0.368. The average Bonchev–Trinajstić information content (AvgIpc) is 3.27. The maximum absolute atomic E-state index is 12.8. The van der Waals surface area contributed by atoms with Crippen molar-refractivity contribution in [3.05, 3.63) is 50.3 Å². The number of aromatic amines is 1. The second-order valence-corrected chi connectivity index (χ2v) is 8.42. The van der Waals surface area contributed by atoms with Crippen molar-refractivity contribution >= 4 is 39.1 Å². The van der Waals surface area contributed by atoms with Gasteiger partial charge in [-0.1, -0.05) is 0 Å². The van der Waals surface area contributed by atoms with Gasteiger partial charge >= 0.3 is 0 Å². The lowest BCUT2D eigenvalue weighted by atomic mass is 9.97. The molecule has 8 heteroatoms. The van der Waals surface area contributed by atoms with Crippen molar-refractivity contribution < 1.29 is 9.21 Å². The van der Waals surface area contributed by atoms with Crippen LogP contribution in [0.4, 0.5) is 0 Å². The third-order valence-electron chi connectivity index (χ3n) is 4.70. The maximum atomic E-state index is 12.8. The lowest BCUT2D eigenvalue weighted by molar-refractivity contribution is 0.0948. The number of rotatable bonds is 5. The van der Waals surface area contributed by atoms with Crippen molar-refractivity contribution in [1.29, 1.82) is 5.26 Å². The SMILES string of the molecule is CSCc1ccc(C(=O)C(C#N)c2nc3sc4c(c3c(=O)[nH]2)CCCC4)o1. The topological polar surface area (TPSA) is 99.7 Å². The molecular formula is C19H17N3O3S2. The third kappa shape index (κ3) is 3.22. The van der Waals surface area contributed by atoms with E-state index in [4.69, 9.17) is 4.42 Å². The molecule has 3 heterocycles. The van der Waals surface area contributed by atoms with Crippen LogP contribution in [-0.2, 0) is 18.6 Å². The van der Waals surface area contributed by atoms with E-state index in [2.05, 4.69) is 9.97 Å². The predicted molar refractivity (Wildman–Crippen MR) is 105 cm³/mol. The Morgan fingerprint density at radius 3 is 3.04 bits per heavy atom. The lowest BCUT2D eigenvalue weighted by Gasteiger charge is -2.09. The highest BCUT2D eigenvalue weighted by Crippen LogP contribution is 2.34. The van der Waals surface area contributed by atoms with E-state index in [9.17, 15) is 14.9 Å². The fourth-order valence-electron chi connectivity index (χ4n) is 3.43. The van der Waals surface area contributed by atoms with E-state index < -0.39 is 11.7 Å². The zero-order chi connectivity index (χ0) is 19.0. The molecule has 1 N–H and O–H groups in total. The number of H-pyrrole nitrogens is 1. The average molecular weight is 399 g/mol. The minimum Gasteiger partial charge on any atom is -0.457 e. The first-order chi connectivity index (χ1) is 13.1. The summed E-state index contributed by atoms with van der Waals surface area (Å²) in [6.07, 6.45) is 5.95. The number of aryl methyl sites for hydroxylation is 2. The van der Waals surface area contributed by atoms with Crippen molar-refractivity contribution in [3.8, 4) is 6.07 Å². The Balaban J connectivity index is 1.74. The van der Waals surface area contributed by atoms with Gasteiger partial charge in [0, 0.05) is 4.88 Å². The molecule has 27 heavy (non-hydrogen) atoms. The number of hydrogen-bond acceptors (Lipinski definition) is 7. The number of aromatic nitrogens is 2. The molecule has 0 spiro atoms. The summed E-state index contributed by atoms with van der Waals surface area (Å²) in [4.78, 5) is 34.4. The van der Waals surface area contributed by atoms with Crippen molar-refractivity contribution in [3.63, 3.8) is 0 Å². The van der Waals surface area contributed by atoms with Gasteiger partial charge in [-0.25, -0.2) is 4.98 Å². The molecule has 0 fully saturated rings. The molecule has 1 aliphatic rings. The van der Waals surface area contributed by atoms with Crippen LogP contribution in [0, 0.1) is 11.3 Å². The number of fused-ring (bicyclic) bond motifs is 3. The standard InChI is InChI=1S/C19H17N3O3S2/c1-26-9-10-6-7-13(25-10)16(23)12(8-20)17-21-18(24)15-11-4-2-3-5-14(11)27-19(15)22-17/h6-7,12H,2-5,9H2,1H3,(H,21,22,24). The van der Waals surface area contributed by atoms with Gasteiger partial charge < -0.3 is 9.40 Å². The van der Waals surface area contributed by atoms with Crippen LogP contribution in [0.2, 0.25) is 0 Å². The van der Waals surface area contributed by atoms with E-state index in [-0.39, 0.29) is 17.1 Å². The van der Waals surface area contributed by atoms with E-state index in [1.54, 1.807) is 23.9 Å². The van der Waals surface area contributed by atoms with E-state index in [1.807, 2.05) is 12.3 Å². The minimum atomic E-state index is -1.20. The van der Waals surface area contributed by atoms with Crippen LogP contribution in [0.1, 0.15) is 51.3 Å². The van der Waals surface area contributed by atoms with Gasteiger partial charge in [0.2, 0.25) is 5.78 Å². The minimum absolute atomic E-state index is 0.0846. The monoisotopic (exact) mass is 399 g/mol. The summed E-state index contributed by atoms with van der Waals surface area (Å²) in [7, 11) is 0. The van der Waals surface area contributed by atoms with Gasteiger partial charge in [0.1, 0.15) is 16.4 Å². The third-order valence-corrected chi connectivity index (χ3v) is 6.46. The number of nitriles is 1. The van der Waals surface area contributed by atoms with Crippen LogP contribution < -0.4 is 5.56 Å². The van der Waals surface area contributed by atoms with Crippen molar-refractivity contribution in [2.24, 2.45) is 0 Å². The molecule has 0 saturated carbocycles. The van der Waals surface area contributed by atoms with Gasteiger partial charge in [-0.05, 0) is 49.6 Å². The van der Waals surface area contributed by atoms with Crippen LogP contribution in [0.5, 0.6) is 0 Å². The van der Waals surface area contributed by atoms with Gasteiger partial charge in [0.15, 0.2) is 11.7 Å². The second kappa shape index (κ2) is 7.33. The van der Waals surface area contributed by atoms with Crippen molar-refractivity contribution in [2.75, 3.05) is 6.26 Å². The molecule has 0 radical (unpaired) electrons. The maximum Gasteiger partial charge on any atom is 0.259 e. The van der Waals surface area contributed by atoms with E-state index >= 15 is 0 Å². The molecule has 0 aliphatic heterocycles. The van der Waals surface area contributed by atoms with Crippen LogP contribution in [0.25, 0.3) is 10.2 Å². The normalized spacial score (nSPS) is 14.7. The van der Waals surface area contributed by atoms with Crippen LogP contribution in [0.3, 0.4) is 0 Å². The number of thiophene rings is 1. The molecule has 1 atom stereocenters. The zero-order valence-electron chi connectivity index (χ0n) is 14.7. The summed E-state index contributed by atoms with van der Waals surface area (Å²) < 4.78 is 5.54. The highest BCUT2D eigenvalue weighted by atomic mass is 32.2.